The molecule has 2 rings (SSSR count). The molecule has 34 heavy (non-hydrogen) atoms. The molecule has 2 unspecified atom stereocenters. The van der Waals surface area contributed by atoms with Crippen molar-refractivity contribution in [3.63, 3.8) is 0 Å². The summed E-state index contributed by atoms with van der Waals surface area (Å²) in [6, 6.07) is 10.7. The van der Waals surface area contributed by atoms with Crippen LogP contribution in [-0.2, 0) is 20.0 Å². The van der Waals surface area contributed by atoms with Gasteiger partial charge in [-0.15, -0.1) is 0 Å². The summed E-state index contributed by atoms with van der Waals surface area (Å²) in [5, 5.41) is 10.2. The Morgan fingerprint density at radius 1 is 0.971 bits per heavy atom. The van der Waals surface area contributed by atoms with Gasteiger partial charge in [0.2, 0.25) is 10.0 Å². The number of hydrogen-bond acceptors (Lipinski definition) is 5. The number of nitrogens with one attached hydrogen (secondary N) is 1. The van der Waals surface area contributed by atoms with Crippen LogP contribution in [0.2, 0.25) is 0 Å². The van der Waals surface area contributed by atoms with Gasteiger partial charge in [0, 0.05) is 6.54 Å². The lowest BCUT2D eigenvalue weighted by Crippen LogP contribution is -2.43. The number of aliphatic hydroxyl groups is 1. The highest BCUT2D eigenvalue weighted by Crippen LogP contribution is 2.27. The number of hydrogen-bond donors (Lipinski definition) is 2. The third-order valence-electron chi connectivity index (χ3n) is 4.38. The maximum atomic E-state index is 13.2. The van der Waals surface area contributed by atoms with E-state index in [-0.39, 0.29) is 22.9 Å². The highest BCUT2D eigenvalue weighted by atomic mass is 32.2. The maximum absolute atomic E-state index is 13.2. The maximum Gasteiger partial charge on any atom is 0.415 e. The molecule has 0 saturated carbocycles. The van der Waals surface area contributed by atoms with E-state index in [4.69, 9.17) is 0 Å². The molecule has 0 fully saturated rings. The first-order valence-corrected chi connectivity index (χ1v) is 13.4. The van der Waals surface area contributed by atoms with Gasteiger partial charge in [-0.05, 0) is 35.7 Å². The Hall–Kier alpha value is -2.59. The molecule has 186 valence electrons. The van der Waals surface area contributed by atoms with E-state index in [0.29, 0.717) is 11.9 Å². The molecular formula is C22H25F3N2O5S2. The number of nitrogens with zero attached hydrogens (tertiary/aromatic N) is 1. The highest BCUT2D eigenvalue weighted by Gasteiger charge is 2.40. The summed E-state index contributed by atoms with van der Waals surface area (Å²) in [7, 11) is -8.08. The summed E-state index contributed by atoms with van der Waals surface area (Å²) in [5.41, 5.74) is 0.409. The van der Waals surface area contributed by atoms with Crippen molar-refractivity contribution in [3.05, 3.63) is 60.2 Å². The number of halogens is 3. The van der Waals surface area contributed by atoms with E-state index < -0.39 is 38.4 Å². The van der Waals surface area contributed by atoms with Crippen LogP contribution in [0.4, 0.5) is 18.9 Å². The Morgan fingerprint density at radius 3 is 2.00 bits per heavy atom. The summed E-state index contributed by atoms with van der Waals surface area (Å²) in [5.74, 6) is 3.68. The predicted octanol–water partition coefficient (Wildman–Crippen LogP) is 3.05. The Bertz CT molecular complexity index is 1240. The zero-order chi connectivity index (χ0) is 25.7. The molecule has 2 N–H and O–H groups in total. The zero-order valence-electron chi connectivity index (χ0n) is 18.6. The van der Waals surface area contributed by atoms with E-state index in [1.54, 1.807) is 24.1 Å². The van der Waals surface area contributed by atoms with Gasteiger partial charge in [-0.3, -0.25) is 4.31 Å². The van der Waals surface area contributed by atoms with Gasteiger partial charge in [0.1, 0.15) is 6.10 Å². The molecule has 0 saturated heterocycles. The van der Waals surface area contributed by atoms with Crippen molar-refractivity contribution in [2.75, 3.05) is 17.1 Å². The van der Waals surface area contributed by atoms with E-state index in [1.807, 2.05) is 19.8 Å². The third-order valence-corrected chi connectivity index (χ3v) is 6.85. The third kappa shape index (κ3) is 7.73. The minimum Gasteiger partial charge on any atom is -0.376 e. The van der Waals surface area contributed by atoms with E-state index in [0.717, 1.165) is 0 Å². The Balaban J connectivity index is 2.34. The Kier molecular flexibility index (Phi) is 8.76. The van der Waals surface area contributed by atoms with Crippen LogP contribution in [0.1, 0.15) is 25.5 Å². The van der Waals surface area contributed by atoms with Gasteiger partial charge in [-0.25, -0.2) is 16.8 Å². The van der Waals surface area contributed by atoms with Crippen LogP contribution in [0.25, 0.3) is 0 Å². The topological polar surface area (TPSA) is 104 Å². The molecule has 0 spiro atoms. The van der Waals surface area contributed by atoms with E-state index in [9.17, 15) is 35.1 Å². The van der Waals surface area contributed by atoms with Gasteiger partial charge in [0.15, 0.2) is 6.04 Å². The second-order valence-electron chi connectivity index (χ2n) is 7.89. The van der Waals surface area contributed by atoms with Crippen LogP contribution >= 0.6 is 0 Å². The fourth-order valence-corrected chi connectivity index (χ4v) is 5.12. The molecule has 0 aliphatic rings. The van der Waals surface area contributed by atoms with Gasteiger partial charge >= 0.3 is 6.18 Å². The normalized spacial score (nSPS) is 14.2. The molecule has 2 aromatic carbocycles. The van der Waals surface area contributed by atoms with E-state index >= 15 is 0 Å². The first-order valence-electron chi connectivity index (χ1n) is 10.0. The van der Waals surface area contributed by atoms with Crippen molar-refractivity contribution in [1.82, 2.24) is 4.72 Å². The van der Waals surface area contributed by atoms with Crippen LogP contribution in [0.15, 0.2) is 59.5 Å². The minimum atomic E-state index is -4.98. The van der Waals surface area contributed by atoms with E-state index in [2.05, 4.69) is 0 Å². The molecule has 0 heterocycles. The lowest BCUT2D eigenvalue weighted by Gasteiger charge is -2.26. The largest absolute Gasteiger partial charge is 0.415 e. The molecule has 0 amide bonds. The van der Waals surface area contributed by atoms with Crippen molar-refractivity contribution in [2.24, 2.45) is 5.92 Å². The molecule has 0 aliphatic heterocycles. The molecular weight excluding hydrogens is 493 g/mol. The fourth-order valence-electron chi connectivity index (χ4n) is 2.85. The van der Waals surface area contributed by atoms with Gasteiger partial charge in [-0.2, -0.15) is 17.9 Å². The summed E-state index contributed by atoms with van der Waals surface area (Å²) >= 11 is 0. The smallest absolute Gasteiger partial charge is 0.376 e. The minimum absolute atomic E-state index is 0.0173. The predicted molar refractivity (Wildman–Crippen MR) is 123 cm³/mol. The molecule has 12 heteroatoms. The summed E-state index contributed by atoms with van der Waals surface area (Å²) in [6.45, 7) is 3.87. The lowest BCUT2D eigenvalue weighted by molar-refractivity contribution is -0.138. The molecule has 0 bridgehead atoms. The fraction of sp³-hybridized carbons (Fsp3) is 0.364. The van der Waals surface area contributed by atoms with Crippen molar-refractivity contribution in [3.8, 4) is 11.8 Å². The average Bonchev–Trinajstić information content (AvgIpc) is 2.74. The number of rotatable bonds is 8. The van der Waals surface area contributed by atoms with Gasteiger partial charge in [0.05, 0.1) is 16.8 Å². The SMILES string of the molecule is CC(C)CN(c1ccc(C(O)C#CC(NS(C)(=O)=O)C(F)(F)F)cc1)S(=O)(=O)c1ccccc1. The molecule has 2 atom stereocenters. The van der Waals surface area contributed by atoms with Gasteiger partial charge in [0.25, 0.3) is 10.0 Å². The average molecular weight is 519 g/mol. The van der Waals surface area contributed by atoms with E-state index in [1.165, 1.54) is 45.4 Å². The lowest BCUT2D eigenvalue weighted by atomic mass is 10.1. The van der Waals surface area contributed by atoms with Crippen molar-refractivity contribution in [1.29, 1.82) is 0 Å². The first kappa shape index (κ1) is 27.7. The second-order valence-corrected chi connectivity index (χ2v) is 11.5. The molecule has 2 aromatic rings. The second kappa shape index (κ2) is 10.8. The van der Waals surface area contributed by atoms with Crippen LogP contribution in [0.5, 0.6) is 0 Å². The number of benzene rings is 2. The Morgan fingerprint density at radius 2 is 1.53 bits per heavy atom. The number of sulfonamides is 2. The molecule has 7 nitrogen and oxygen atoms in total. The summed E-state index contributed by atoms with van der Waals surface area (Å²) < 4.78 is 90.3. The highest BCUT2D eigenvalue weighted by molar-refractivity contribution is 7.92. The van der Waals surface area contributed by atoms with Crippen LogP contribution in [-0.4, -0.2) is 47.0 Å². The number of aliphatic hydroxyl groups excluding tert-OH is 1. The van der Waals surface area contributed by atoms with Crippen LogP contribution in [0.3, 0.4) is 0 Å². The quantitative estimate of drug-likeness (QED) is 0.523. The van der Waals surface area contributed by atoms with Gasteiger partial charge in [-0.1, -0.05) is 56.0 Å². The van der Waals surface area contributed by atoms with Gasteiger partial charge < -0.3 is 5.11 Å². The molecule has 0 aliphatic carbocycles. The number of anilines is 1. The molecule has 0 aromatic heterocycles. The van der Waals surface area contributed by atoms with Crippen LogP contribution < -0.4 is 9.03 Å². The Labute approximate surface area is 197 Å². The van der Waals surface area contributed by atoms with Crippen molar-refractivity contribution < 1.29 is 35.1 Å². The van der Waals surface area contributed by atoms with Crippen molar-refractivity contribution in [2.45, 2.75) is 37.1 Å². The molecule has 0 radical (unpaired) electrons. The summed E-state index contributed by atoms with van der Waals surface area (Å²) in [4.78, 5) is 0.0993. The zero-order valence-corrected chi connectivity index (χ0v) is 20.2. The standard InChI is InChI=1S/C22H25F3N2O5S2/c1-16(2)15-27(34(31,32)19-7-5-4-6-8-19)18-11-9-17(10-12-18)20(28)13-14-21(22(23,24)25)26-33(3,29)30/h4-12,16,20-21,26,28H,15H2,1-3H3. The summed E-state index contributed by atoms with van der Waals surface area (Å²) in [6.07, 6.45) is -6.08. The van der Waals surface area contributed by atoms with Crippen LogP contribution in [0, 0.1) is 17.8 Å². The van der Waals surface area contributed by atoms with Crippen molar-refractivity contribution >= 4 is 25.7 Å². The monoisotopic (exact) mass is 518 g/mol. The first-order chi connectivity index (χ1) is 15.6. The number of alkyl halides is 3.